The molecule has 2 unspecified atom stereocenters. The molecule has 3 aromatic rings. The van der Waals surface area contributed by atoms with E-state index < -0.39 is 24.6 Å². The average molecular weight is 491 g/mol. The van der Waals surface area contributed by atoms with Gasteiger partial charge in [0.15, 0.2) is 0 Å². The topological polar surface area (TPSA) is 103 Å². The summed E-state index contributed by atoms with van der Waals surface area (Å²) in [6, 6.07) is 13.4. The van der Waals surface area contributed by atoms with Crippen molar-refractivity contribution in [2.75, 3.05) is 0 Å². The van der Waals surface area contributed by atoms with Gasteiger partial charge in [-0.25, -0.2) is 4.39 Å². The fourth-order valence-electron chi connectivity index (χ4n) is 3.65. The first-order valence-corrected chi connectivity index (χ1v) is 11.1. The maximum Gasteiger partial charge on any atom is 1.00 e. The molecule has 2 aromatic carbocycles. The molecule has 180 valence electrons. The quantitative estimate of drug-likeness (QED) is 0.390. The number of halogens is 1. The summed E-state index contributed by atoms with van der Waals surface area (Å²) in [6.07, 6.45) is 1.85. The number of aliphatic hydroxyl groups is 2. The predicted molar refractivity (Wildman–Crippen MR) is 124 cm³/mol. The Balaban J connectivity index is 0.00000432. The van der Waals surface area contributed by atoms with Crippen LogP contribution >= 0.6 is 0 Å². The van der Waals surface area contributed by atoms with Crippen LogP contribution in [0.15, 0.2) is 65.3 Å². The first kappa shape index (κ1) is 28.8. The van der Waals surface area contributed by atoms with Crippen LogP contribution < -0.4 is 39.4 Å². The number of ether oxygens (including phenoxy) is 1. The monoisotopic (exact) mass is 490 g/mol. The van der Waals surface area contributed by atoms with Gasteiger partial charge in [0.2, 0.25) is 0 Å². The Morgan fingerprint density at radius 3 is 2.49 bits per heavy atom. The molecule has 0 aliphatic heterocycles. The van der Waals surface area contributed by atoms with Gasteiger partial charge in [-0.2, -0.15) is 0 Å². The third-order valence-corrected chi connectivity index (χ3v) is 5.32. The Hall–Kier alpha value is -2.42. The van der Waals surface area contributed by atoms with Gasteiger partial charge in [0.25, 0.3) is 0 Å². The van der Waals surface area contributed by atoms with E-state index in [9.17, 15) is 24.5 Å². The van der Waals surface area contributed by atoms with Gasteiger partial charge in [-0.3, -0.25) is 0 Å². The molecule has 3 rings (SSSR count). The van der Waals surface area contributed by atoms with Gasteiger partial charge in [0.05, 0.1) is 18.5 Å². The number of hydrogen-bond acceptors (Lipinski definition) is 6. The van der Waals surface area contributed by atoms with Crippen molar-refractivity contribution >= 4 is 12.0 Å². The van der Waals surface area contributed by atoms with Crippen LogP contribution in [0.1, 0.15) is 49.5 Å². The minimum atomic E-state index is -1.38. The zero-order chi connectivity index (χ0) is 24.7. The van der Waals surface area contributed by atoms with Crippen molar-refractivity contribution in [1.82, 2.24) is 0 Å². The fourth-order valence-corrected chi connectivity index (χ4v) is 3.65. The maximum atomic E-state index is 13.6. The van der Waals surface area contributed by atoms with Crippen LogP contribution in [0.5, 0.6) is 5.75 Å². The molecule has 0 fully saturated rings. The van der Waals surface area contributed by atoms with Crippen LogP contribution in [-0.4, -0.2) is 28.4 Å². The molecule has 0 saturated carbocycles. The third-order valence-electron chi connectivity index (χ3n) is 5.32. The SMILES string of the molecule is CC(C)c1cc(OCc2ccco2)cc(-c2ccc(F)cc2)c1/C=C/C(O)CC(O)CC(=O)[O-].[Na+]. The van der Waals surface area contributed by atoms with Crippen molar-refractivity contribution in [3.05, 3.63) is 83.6 Å². The molecule has 1 aromatic heterocycles. The van der Waals surface area contributed by atoms with E-state index in [2.05, 4.69) is 0 Å². The number of hydrogen-bond donors (Lipinski definition) is 2. The smallest absolute Gasteiger partial charge is 0.550 e. The van der Waals surface area contributed by atoms with E-state index in [-0.39, 0.29) is 54.3 Å². The molecule has 0 aliphatic carbocycles. The number of aliphatic hydroxyl groups excluding tert-OH is 2. The molecular formula is C27H28FNaO6. The summed E-state index contributed by atoms with van der Waals surface area (Å²) in [5.74, 6) is -0.355. The fraction of sp³-hybridized carbons (Fsp3) is 0.296. The van der Waals surface area contributed by atoms with Crippen LogP contribution in [0.4, 0.5) is 4.39 Å². The number of furan rings is 1. The van der Waals surface area contributed by atoms with Crippen LogP contribution in [0, 0.1) is 5.82 Å². The van der Waals surface area contributed by atoms with E-state index in [4.69, 9.17) is 9.15 Å². The van der Waals surface area contributed by atoms with Gasteiger partial charge in [0.1, 0.15) is 23.9 Å². The van der Waals surface area contributed by atoms with Crippen LogP contribution in [-0.2, 0) is 11.4 Å². The molecule has 2 atom stereocenters. The number of aliphatic carboxylic acids is 1. The Morgan fingerprint density at radius 1 is 1.17 bits per heavy atom. The largest absolute Gasteiger partial charge is 1.00 e. The standard InChI is InChI=1S/C27H29FO6.Na/c1-17(2)25-14-23(34-16-22-4-3-11-33-22)15-26(18-5-7-19(28)8-6-18)24(25)10-9-20(29)12-21(30)13-27(31)32;/h3-11,14-15,17,20-21,29-30H,12-13,16H2,1-2H3,(H,31,32);/q;+1/p-1/b10-9+;. The summed E-state index contributed by atoms with van der Waals surface area (Å²) in [4.78, 5) is 10.7. The molecule has 1 heterocycles. The normalized spacial score (nSPS) is 13.0. The maximum absolute atomic E-state index is 13.6. The summed E-state index contributed by atoms with van der Waals surface area (Å²) in [6.45, 7) is 4.30. The molecule has 2 N–H and O–H groups in total. The van der Waals surface area contributed by atoms with Crippen LogP contribution in [0.2, 0.25) is 0 Å². The molecule has 0 saturated heterocycles. The zero-order valence-electron chi connectivity index (χ0n) is 20.1. The van der Waals surface area contributed by atoms with Crippen molar-refractivity contribution in [3.63, 3.8) is 0 Å². The van der Waals surface area contributed by atoms with Gasteiger partial charge in [-0.1, -0.05) is 38.1 Å². The summed E-state index contributed by atoms with van der Waals surface area (Å²) >= 11 is 0. The first-order valence-electron chi connectivity index (χ1n) is 11.1. The van der Waals surface area contributed by atoms with E-state index >= 15 is 0 Å². The second kappa shape index (κ2) is 13.6. The molecule has 0 amide bonds. The van der Waals surface area contributed by atoms with Gasteiger partial charge >= 0.3 is 29.6 Å². The van der Waals surface area contributed by atoms with Crippen molar-refractivity contribution in [1.29, 1.82) is 0 Å². The molecule has 0 bridgehead atoms. The van der Waals surface area contributed by atoms with Crippen molar-refractivity contribution in [3.8, 4) is 16.9 Å². The van der Waals surface area contributed by atoms with Crippen LogP contribution in [0.3, 0.4) is 0 Å². The van der Waals surface area contributed by atoms with E-state index in [0.29, 0.717) is 11.5 Å². The number of carbonyl (C=O) groups excluding carboxylic acids is 1. The number of carboxylic acid groups (broad SMARTS) is 1. The Morgan fingerprint density at radius 2 is 1.89 bits per heavy atom. The molecule has 8 heteroatoms. The van der Waals surface area contributed by atoms with Crippen molar-refractivity contribution in [2.45, 2.75) is 51.4 Å². The van der Waals surface area contributed by atoms with Crippen molar-refractivity contribution in [2.24, 2.45) is 0 Å². The number of benzene rings is 2. The zero-order valence-corrected chi connectivity index (χ0v) is 22.1. The Labute approximate surface area is 226 Å². The summed E-state index contributed by atoms with van der Waals surface area (Å²) in [5.41, 5.74) is 3.28. The van der Waals surface area contributed by atoms with Crippen molar-refractivity contribution < 1.29 is 63.2 Å². The van der Waals surface area contributed by atoms with E-state index in [0.717, 1.165) is 22.3 Å². The van der Waals surface area contributed by atoms with Gasteiger partial charge in [-0.15, -0.1) is 0 Å². The Bertz CT molecular complexity index is 1110. The number of rotatable bonds is 11. The average Bonchev–Trinajstić information content (AvgIpc) is 3.29. The Kier molecular flexibility index (Phi) is 11.2. The summed E-state index contributed by atoms with van der Waals surface area (Å²) < 4.78 is 24.9. The summed E-state index contributed by atoms with van der Waals surface area (Å²) in [5, 5.41) is 30.8. The second-order valence-electron chi connectivity index (χ2n) is 8.40. The van der Waals surface area contributed by atoms with Gasteiger partial charge in [0, 0.05) is 18.8 Å². The third kappa shape index (κ3) is 8.63. The van der Waals surface area contributed by atoms with E-state index in [1.807, 2.05) is 32.0 Å². The van der Waals surface area contributed by atoms with E-state index in [1.165, 1.54) is 18.2 Å². The number of carboxylic acids is 1. The minimum absolute atomic E-state index is 0. The first-order chi connectivity index (χ1) is 16.2. The van der Waals surface area contributed by atoms with E-state index in [1.54, 1.807) is 30.5 Å². The minimum Gasteiger partial charge on any atom is -0.550 e. The molecule has 35 heavy (non-hydrogen) atoms. The van der Waals surface area contributed by atoms with Gasteiger partial charge in [-0.05, 0) is 64.6 Å². The summed E-state index contributed by atoms with van der Waals surface area (Å²) in [7, 11) is 0. The molecule has 0 spiro atoms. The molecule has 0 aliphatic rings. The number of carbonyl (C=O) groups is 1. The van der Waals surface area contributed by atoms with Gasteiger partial charge < -0.3 is 29.3 Å². The second-order valence-corrected chi connectivity index (χ2v) is 8.40. The molecular weight excluding hydrogens is 462 g/mol. The molecule has 6 nitrogen and oxygen atoms in total. The van der Waals surface area contributed by atoms with Crippen LogP contribution in [0.25, 0.3) is 17.2 Å². The predicted octanol–water partition coefficient (Wildman–Crippen LogP) is 1.06. The molecule has 0 radical (unpaired) electrons.